The van der Waals surface area contributed by atoms with Gasteiger partial charge in [0.05, 0.1) is 24.9 Å². The quantitative estimate of drug-likeness (QED) is 0.0265. The van der Waals surface area contributed by atoms with Crippen LogP contribution in [0, 0.1) is 11.8 Å². The molecule has 74 heavy (non-hydrogen) atoms. The lowest BCUT2D eigenvalue weighted by Crippen LogP contribution is -2.35. The topological polar surface area (TPSA) is 165 Å². The lowest BCUT2D eigenvalue weighted by atomic mass is 9.95. The third-order valence-electron chi connectivity index (χ3n) is 14.0. The Morgan fingerprint density at radius 1 is 0.446 bits per heavy atom. The number of esters is 4. The van der Waals surface area contributed by atoms with Gasteiger partial charge in [0.1, 0.15) is 25.9 Å². The molecule has 1 aliphatic heterocycles. The van der Waals surface area contributed by atoms with Crippen LogP contribution in [0.2, 0.25) is 0 Å². The number of nitrogens with zero attached hydrogens (tertiary/aromatic N) is 1. The first-order chi connectivity index (χ1) is 36.1. The predicted molar refractivity (Wildman–Crippen MR) is 296 cm³/mol. The molecule has 1 heterocycles. The second-order valence-corrected chi connectivity index (χ2v) is 21.1. The molecule has 1 saturated heterocycles. The first kappa shape index (κ1) is 69.0. The second kappa shape index (κ2) is 50.8. The Morgan fingerprint density at radius 3 is 1.45 bits per heavy atom. The van der Waals surface area contributed by atoms with E-state index in [4.69, 9.17) is 33.2 Å². The van der Waals surface area contributed by atoms with E-state index in [-0.39, 0.29) is 56.9 Å². The third kappa shape index (κ3) is 42.2. The minimum absolute atomic E-state index is 0.0195. The molecule has 0 aromatic heterocycles. The Kier molecular flexibility index (Phi) is 47.4. The van der Waals surface area contributed by atoms with Gasteiger partial charge in [-0.2, -0.15) is 0 Å². The Morgan fingerprint density at radius 2 is 0.892 bits per heavy atom. The SMILES string of the molecule is CCCCCCCCOC(CCC(=O)OCC(COC(=O)CCCCCCOC(=O)C(CCCC)CCCCCC)COC(=O)CCC(CCCCCC)OC(=O)NCCN1CCCC1)OCCCCCCCC. The van der Waals surface area contributed by atoms with Gasteiger partial charge in [-0.05, 0) is 83.7 Å². The van der Waals surface area contributed by atoms with Crippen molar-refractivity contribution in [3.8, 4) is 0 Å². The molecule has 1 fully saturated rings. The average molecular weight is 1050 g/mol. The molecule has 14 nitrogen and oxygen atoms in total. The molecule has 0 saturated carbocycles. The first-order valence-electron chi connectivity index (χ1n) is 30.7. The zero-order chi connectivity index (χ0) is 54.0. The highest BCUT2D eigenvalue weighted by Crippen LogP contribution is 2.21. The van der Waals surface area contributed by atoms with Crippen LogP contribution >= 0.6 is 0 Å². The van der Waals surface area contributed by atoms with Crippen LogP contribution in [0.15, 0.2) is 0 Å². The van der Waals surface area contributed by atoms with E-state index in [2.05, 4.69) is 44.8 Å². The summed E-state index contributed by atoms with van der Waals surface area (Å²) in [4.78, 5) is 67.3. The number of unbranched alkanes of at least 4 members (excludes halogenated alkanes) is 20. The highest BCUT2D eigenvalue weighted by atomic mass is 16.7. The van der Waals surface area contributed by atoms with E-state index in [1.54, 1.807) is 0 Å². The van der Waals surface area contributed by atoms with Crippen LogP contribution < -0.4 is 5.32 Å². The van der Waals surface area contributed by atoms with E-state index in [0.29, 0.717) is 52.0 Å². The standard InChI is InChI=1S/C60H112N2O12/c1-6-11-16-20-23-31-46-68-58(69-47-32-24-21-17-12-7-2)41-40-57(65)73-51-52(49-71-55(63)37-28-22-25-33-48-70-59(66)53(34-15-10-5)35-26-18-13-8-3)50-72-56(64)39-38-54(36-27-19-14-9-4)74-60(67)61-42-45-62-43-29-30-44-62/h52-54,58H,6-51H2,1-5H3,(H,61,67). The van der Waals surface area contributed by atoms with E-state index in [0.717, 1.165) is 129 Å². The second-order valence-electron chi connectivity index (χ2n) is 21.1. The summed E-state index contributed by atoms with van der Waals surface area (Å²) in [7, 11) is 0. The largest absolute Gasteiger partial charge is 0.465 e. The highest BCUT2D eigenvalue weighted by Gasteiger charge is 2.23. The number of alkyl carbamates (subject to hydrolysis) is 1. The van der Waals surface area contributed by atoms with Crippen molar-refractivity contribution in [3.05, 3.63) is 0 Å². The molecule has 0 aromatic rings. The fraction of sp³-hybridized carbons (Fsp3) is 0.917. The van der Waals surface area contributed by atoms with E-state index in [1.165, 1.54) is 77.0 Å². The van der Waals surface area contributed by atoms with Gasteiger partial charge in [-0.3, -0.25) is 19.2 Å². The zero-order valence-corrected chi connectivity index (χ0v) is 48.2. The minimum Gasteiger partial charge on any atom is -0.465 e. The van der Waals surface area contributed by atoms with Crippen LogP contribution in [-0.4, -0.2) is 113 Å². The van der Waals surface area contributed by atoms with Gasteiger partial charge in [0.15, 0.2) is 6.29 Å². The molecule has 1 N–H and O–H groups in total. The summed E-state index contributed by atoms with van der Waals surface area (Å²) < 4.78 is 40.9. The van der Waals surface area contributed by atoms with Gasteiger partial charge in [0, 0.05) is 45.6 Å². The summed E-state index contributed by atoms with van der Waals surface area (Å²) in [6.07, 6.45) is 32.0. The predicted octanol–water partition coefficient (Wildman–Crippen LogP) is 14.3. The number of amides is 1. The van der Waals surface area contributed by atoms with Gasteiger partial charge in [0.2, 0.25) is 0 Å². The molecular weight excluding hydrogens is 941 g/mol. The van der Waals surface area contributed by atoms with Crippen LogP contribution in [0.1, 0.15) is 266 Å². The van der Waals surface area contributed by atoms with Gasteiger partial charge in [0.25, 0.3) is 0 Å². The van der Waals surface area contributed by atoms with Gasteiger partial charge >= 0.3 is 30.0 Å². The number of hydrogen-bond donors (Lipinski definition) is 1. The van der Waals surface area contributed by atoms with E-state index >= 15 is 0 Å². The third-order valence-corrected chi connectivity index (χ3v) is 14.0. The lowest BCUT2D eigenvalue weighted by Gasteiger charge is -2.21. The Balaban J connectivity index is 2.80. The number of carbonyl (C=O) groups excluding carboxylic acids is 5. The van der Waals surface area contributed by atoms with Crippen LogP contribution in [0.5, 0.6) is 0 Å². The summed E-state index contributed by atoms with van der Waals surface area (Å²) >= 11 is 0. The maximum absolute atomic E-state index is 13.2. The monoisotopic (exact) mass is 1050 g/mol. The summed E-state index contributed by atoms with van der Waals surface area (Å²) in [5.41, 5.74) is 0. The molecule has 3 atom stereocenters. The number of nitrogens with one attached hydrogen (secondary N) is 1. The van der Waals surface area contributed by atoms with Crippen molar-refractivity contribution in [1.29, 1.82) is 0 Å². The summed E-state index contributed by atoms with van der Waals surface area (Å²) in [5, 5.41) is 2.88. The maximum atomic E-state index is 13.2. The number of ether oxygens (including phenoxy) is 7. The molecule has 434 valence electrons. The fourth-order valence-corrected chi connectivity index (χ4v) is 9.16. The van der Waals surface area contributed by atoms with Gasteiger partial charge in [-0.1, -0.05) is 169 Å². The van der Waals surface area contributed by atoms with Crippen molar-refractivity contribution >= 4 is 30.0 Å². The molecule has 1 aliphatic rings. The molecule has 0 radical (unpaired) electrons. The van der Waals surface area contributed by atoms with Crippen molar-refractivity contribution in [2.75, 3.05) is 65.8 Å². The summed E-state index contributed by atoms with van der Waals surface area (Å²) in [6.45, 7) is 15.6. The van der Waals surface area contributed by atoms with Crippen molar-refractivity contribution in [3.63, 3.8) is 0 Å². The number of likely N-dealkylation sites (tertiary alicyclic amines) is 1. The Hall–Kier alpha value is -2.97. The van der Waals surface area contributed by atoms with E-state index in [9.17, 15) is 24.0 Å². The molecule has 1 rings (SSSR count). The summed E-state index contributed by atoms with van der Waals surface area (Å²) in [6, 6.07) is 0. The van der Waals surface area contributed by atoms with Crippen LogP contribution in [-0.2, 0) is 52.3 Å². The number of carbonyl (C=O) groups is 5. The molecule has 0 aliphatic carbocycles. The zero-order valence-electron chi connectivity index (χ0n) is 48.2. The highest BCUT2D eigenvalue weighted by molar-refractivity contribution is 5.72. The maximum Gasteiger partial charge on any atom is 0.407 e. The van der Waals surface area contributed by atoms with Crippen molar-refractivity contribution in [1.82, 2.24) is 10.2 Å². The molecule has 1 amide bonds. The van der Waals surface area contributed by atoms with Gasteiger partial charge in [-0.15, -0.1) is 0 Å². The number of rotatable bonds is 53. The molecule has 0 spiro atoms. The van der Waals surface area contributed by atoms with Crippen molar-refractivity contribution in [2.24, 2.45) is 11.8 Å². The smallest absolute Gasteiger partial charge is 0.407 e. The number of hydrogen-bond acceptors (Lipinski definition) is 13. The molecular formula is C60H112N2O12. The van der Waals surface area contributed by atoms with Gasteiger partial charge < -0.3 is 43.4 Å². The van der Waals surface area contributed by atoms with Crippen molar-refractivity contribution < 1.29 is 57.1 Å². The van der Waals surface area contributed by atoms with Crippen LogP contribution in [0.3, 0.4) is 0 Å². The van der Waals surface area contributed by atoms with Gasteiger partial charge in [-0.25, -0.2) is 4.79 Å². The van der Waals surface area contributed by atoms with Crippen LogP contribution in [0.4, 0.5) is 4.79 Å². The minimum atomic E-state index is -0.583. The molecule has 3 unspecified atom stereocenters. The first-order valence-corrected chi connectivity index (χ1v) is 30.7. The lowest BCUT2D eigenvalue weighted by molar-refractivity contribution is -0.162. The Labute approximate surface area is 451 Å². The molecule has 14 heteroatoms. The molecule has 0 bridgehead atoms. The summed E-state index contributed by atoms with van der Waals surface area (Å²) in [5.74, 6) is -1.95. The Bertz CT molecular complexity index is 1330. The van der Waals surface area contributed by atoms with Crippen molar-refractivity contribution in [2.45, 2.75) is 278 Å². The van der Waals surface area contributed by atoms with E-state index < -0.39 is 36.3 Å². The normalized spacial score (nSPS) is 13.9. The van der Waals surface area contributed by atoms with E-state index in [1.807, 2.05) is 0 Å². The fourth-order valence-electron chi connectivity index (χ4n) is 9.16. The molecule has 0 aromatic carbocycles. The van der Waals surface area contributed by atoms with Crippen LogP contribution in [0.25, 0.3) is 0 Å². The average Bonchev–Trinajstić information content (AvgIpc) is 3.92.